The normalized spacial score (nSPS) is 18.7. The van der Waals surface area contributed by atoms with E-state index in [4.69, 9.17) is 23.2 Å². The molecule has 0 bridgehead atoms. The van der Waals surface area contributed by atoms with Crippen molar-refractivity contribution in [2.45, 2.75) is 20.3 Å². The summed E-state index contributed by atoms with van der Waals surface area (Å²) in [5.41, 5.74) is 1.44. The zero-order valence-electron chi connectivity index (χ0n) is 11.2. The molecule has 20 heavy (non-hydrogen) atoms. The summed E-state index contributed by atoms with van der Waals surface area (Å²) >= 11 is 13.2. The van der Waals surface area contributed by atoms with Crippen LogP contribution in [-0.4, -0.2) is 28.3 Å². The smallest absolute Gasteiger partial charge is 0.227 e. The van der Waals surface area contributed by atoms with Crippen LogP contribution in [0.25, 0.3) is 0 Å². The molecule has 0 aromatic carbocycles. The van der Waals surface area contributed by atoms with Gasteiger partial charge in [0.25, 0.3) is 0 Å². The number of hydrogen-bond acceptors (Lipinski definition) is 4. The van der Waals surface area contributed by atoms with E-state index in [1.165, 1.54) is 18.7 Å². The number of hydrogen-bond donors (Lipinski definition) is 0. The minimum Gasteiger partial charge on any atom is -0.309 e. The molecule has 1 fully saturated rings. The van der Waals surface area contributed by atoms with Crippen LogP contribution >= 0.6 is 35.0 Å². The van der Waals surface area contributed by atoms with E-state index in [1.54, 1.807) is 11.0 Å². The van der Waals surface area contributed by atoms with Crippen molar-refractivity contribution in [2.75, 3.05) is 17.2 Å². The molecule has 4 nitrogen and oxygen atoms in total. The molecule has 1 amide bonds. The van der Waals surface area contributed by atoms with Crippen LogP contribution < -0.4 is 4.90 Å². The van der Waals surface area contributed by atoms with E-state index < -0.39 is 0 Å². The Morgan fingerprint density at radius 1 is 1.55 bits per heavy atom. The molecule has 1 aromatic rings. The van der Waals surface area contributed by atoms with E-state index in [-0.39, 0.29) is 22.1 Å². The highest BCUT2D eigenvalue weighted by Crippen LogP contribution is 2.35. The molecule has 1 atom stereocenters. The fraction of sp³-hybridized carbons (Fsp3) is 0.462. The van der Waals surface area contributed by atoms with Gasteiger partial charge in [0.15, 0.2) is 10.3 Å². The number of aryl methyl sites for hydroxylation is 1. The number of carbonyl (C=O) groups excluding carboxylic acids is 2. The molecule has 0 saturated carbocycles. The van der Waals surface area contributed by atoms with E-state index in [0.717, 1.165) is 5.56 Å². The Morgan fingerprint density at radius 3 is 2.85 bits per heavy atom. The fourth-order valence-electron chi connectivity index (χ4n) is 2.26. The van der Waals surface area contributed by atoms with Gasteiger partial charge in [-0.3, -0.25) is 9.59 Å². The monoisotopic (exact) mass is 332 g/mol. The first kappa shape index (κ1) is 15.6. The zero-order valence-corrected chi connectivity index (χ0v) is 13.5. The average Bonchev–Trinajstić information content (AvgIpc) is 2.67. The molecular weight excluding hydrogens is 319 g/mol. The number of nitrogens with zero attached hydrogens (tertiary/aromatic N) is 2. The molecule has 1 aliphatic rings. The standard InChI is InChI=1S/C13H14Cl2N2O2S/c1-7-3-10(14)16-13(15)12(7)17-5-9(4-11(17)19)6-20-8(2)18/h3,9H,4-6H2,1-2H3. The maximum Gasteiger partial charge on any atom is 0.227 e. The maximum absolute atomic E-state index is 12.1. The zero-order chi connectivity index (χ0) is 14.9. The van der Waals surface area contributed by atoms with E-state index in [0.29, 0.717) is 29.6 Å². The third kappa shape index (κ3) is 3.45. The Balaban J connectivity index is 2.18. The number of anilines is 1. The lowest BCUT2D eigenvalue weighted by Crippen LogP contribution is -2.26. The topological polar surface area (TPSA) is 50.3 Å². The van der Waals surface area contributed by atoms with Crippen molar-refractivity contribution in [3.63, 3.8) is 0 Å². The first-order valence-electron chi connectivity index (χ1n) is 6.15. The molecule has 1 aromatic heterocycles. The number of rotatable bonds is 3. The molecule has 0 N–H and O–H groups in total. The summed E-state index contributed by atoms with van der Waals surface area (Å²) in [5.74, 6) is 0.811. The molecular formula is C13H14Cl2N2O2S. The van der Waals surface area contributed by atoms with Gasteiger partial charge in [-0.05, 0) is 24.5 Å². The van der Waals surface area contributed by atoms with Crippen LogP contribution in [0.1, 0.15) is 18.9 Å². The Hall–Kier alpha value is -0.780. The summed E-state index contributed by atoms with van der Waals surface area (Å²) < 4.78 is 0. The second kappa shape index (κ2) is 6.33. The summed E-state index contributed by atoms with van der Waals surface area (Å²) in [7, 11) is 0. The van der Waals surface area contributed by atoms with Crippen molar-refractivity contribution in [2.24, 2.45) is 5.92 Å². The van der Waals surface area contributed by atoms with Gasteiger partial charge in [-0.25, -0.2) is 4.98 Å². The molecule has 0 radical (unpaired) electrons. The lowest BCUT2D eigenvalue weighted by atomic mass is 10.1. The van der Waals surface area contributed by atoms with Gasteiger partial charge in [-0.1, -0.05) is 35.0 Å². The highest BCUT2D eigenvalue weighted by Gasteiger charge is 2.33. The van der Waals surface area contributed by atoms with Crippen LogP contribution in [0.3, 0.4) is 0 Å². The van der Waals surface area contributed by atoms with Crippen molar-refractivity contribution in [1.82, 2.24) is 4.98 Å². The first-order chi connectivity index (χ1) is 9.38. The molecule has 2 heterocycles. The van der Waals surface area contributed by atoms with Gasteiger partial charge < -0.3 is 4.90 Å². The van der Waals surface area contributed by atoms with Crippen LogP contribution in [0.5, 0.6) is 0 Å². The van der Waals surface area contributed by atoms with E-state index >= 15 is 0 Å². The third-order valence-corrected chi connectivity index (χ3v) is 4.61. The lowest BCUT2D eigenvalue weighted by molar-refractivity contribution is -0.117. The van der Waals surface area contributed by atoms with Crippen molar-refractivity contribution in [1.29, 1.82) is 0 Å². The SMILES string of the molecule is CC(=O)SCC1CC(=O)N(c2c(C)cc(Cl)nc2Cl)C1. The van der Waals surface area contributed by atoms with Gasteiger partial charge in [0.2, 0.25) is 5.91 Å². The highest BCUT2D eigenvalue weighted by molar-refractivity contribution is 8.13. The van der Waals surface area contributed by atoms with Crippen molar-refractivity contribution < 1.29 is 9.59 Å². The average molecular weight is 333 g/mol. The van der Waals surface area contributed by atoms with Crippen molar-refractivity contribution >= 4 is 51.7 Å². The summed E-state index contributed by atoms with van der Waals surface area (Å²) in [6.45, 7) is 3.94. The maximum atomic E-state index is 12.1. The van der Waals surface area contributed by atoms with Gasteiger partial charge in [0.1, 0.15) is 5.15 Å². The molecule has 1 saturated heterocycles. The van der Waals surface area contributed by atoms with Crippen LogP contribution in [0.15, 0.2) is 6.07 Å². The quantitative estimate of drug-likeness (QED) is 0.796. The van der Waals surface area contributed by atoms with Gasteiger partial charge in [-0.2, -0.15) is 0 Å². The Labute approximate surface area is 131 Å². The molecule has 108 valence electrons. The highest BCUT2D eigenvalue weighted by atomic mass is 35.5. The van der Waals surface area contributed by atoms with E-state index in [1.807, 2.05) is 6.92 Å². The molecule has 1 unspecified atom stereocenters. The minimum absolute atomic E-state index is 0.00766. The van der Waals surface area contributed by atoms with Gasteiger partial charge >= 0.3 is 0 Å². The van der Waals surface area contributed by atoms with Gasteiger partial charge in [0, 0.05) is 25.6 Å². The number of halogens is 2. The molecule has 0 aliphatic carbocycles. The number of thioether (sulfide) groups is 1. The van der Waals surface area contributed by atoms with Crippen LogP contribution in [0.2, 0.25) is 10.3 Å². The first-order valence-corrected chi connectivity index (χ1v) is 7.89. The van der Waals surface area contributed by atoms with Crippen LogP contribution in [0, 0.1) is 12.8 Å². The summed E-state index contributed by atoms with van der Waals surface area (Å²) in [4.78, 5) is 28.8. The fourth-order valence-corrected chi connectivity index (χ4v) is 3.58. The number of pyridine rings is 1. The third-order valence-electron chi connectivity index (χ3n) is 3.11. The second-order valence-corrected chi connectivity index (χ2v) is 6.72. The summed E-state index contributed by atoms with van der Waals surface area (Å²) in [6, 6.07) is 1.69. The molecule has 0 spiro atoms. The predicted molar refractivity (Wildman–Crippen MR) is 82.6 cm³/mol. The minimum atomic E-state index is 0.00766. The number of amides is 1. The second-order valence-electron chi connectivity index (χ2n) is 4.78. The van der Waals surface area contributed by atoms with Gasteiger partial charge in [0.05, 0.1) is 5.69 Å². The van der Waals surface area contributed by atoms with E-state index in [2.05, 4.69) is 4.98 Å². The molecule has 1 aliphatic heterocycles. The Bertz CT molecular complexity index is 542. The Kier molecular flexibility index (Phi) is 4.94. The lowest BCUT2D eigenvalue weighted by Gasteiger charge is -2.20. The molecule has 2 rings (SSSR count). The summed E-state index contributed by atoms with van der Waals surface area (Å²) in [6.07, 6.45) is 0.429. The summed E-state index contributed by atoms with van der Waals surface area (Å²) in [5, 5.41) is 0.619. The van der Waals surface area contributed by atoms with E-state index in [9.17, 15) is 9.59 Å². The van der Waals surface area contributed by atoms with Crippen molar-refractivity contribution in [3.05, 3.63) is 21.9 Å². The predicted octanol–water partition coefficient (Wildman–Crippen LogP) is 3.33. The van der Waals surface area contributed by atoms with Gasteiger partial charge in [-0.15, -0.1) is 0 Å². The number of aromatic nitrogens is 1. The molecule has 7 heteroatoms. The Morgan fingerprint density at radius 2 is 2.25 bits per heavy atom. The van der Waals surface area contributed by atoms with Crippen LogP contribution in [0.4, 0.5) is 5.69 Å². The number of carbonyl (C=O) groups is 2. The largest absolute Gasteiger partial charge is 0.309 e. The van der Waals surface area contributed by atoms with Crippen LogP contribution in [-0.2, 0) is 9.59 Å². The van der Waals surface area contributed by atoms with Crippen molar-refractivity contribution in [3.8, 4) is 0 Å².